The van der Waals surface area contributed by atoms with Crippen LogP contribution in [-0.2, 0) is 4.79 Å². The van der Waals surface area contributed by atoms with Crippen LogP contribution in [0.5, 0.6) is 0 Å². The zero-order valence-corrected chi connectivity index (χ0v) is 5.26. The third kappa shape index (κ3) is 0.721. The molecule has 2 aliphatic heterocycles. The second kappa shape index (κ2) is 1.70. The highest BCUT2D eigenvalue weighted by Crippen LogP contribution is 2.21. The quantitative estimate of drug-likeness (QED) is 0.485. The lowest BCUT2D eigenvalue weighted by Gasteiger charge is -2.22. The minimum atomic E-state index is 0.275. The topological polar surface area (TPSA) is 32.3 Å². The molecule has 2 saturated heterocycles. The number of hydrogen-bond acceptors (Lipinski definition) is 2. The minimum Gasteiger partial charge on any atom is -0.278 e. The fourth-order valence-electron chi connectivity index (χ4n) is 1.53. The summed E-state index contributed by atoms with van der Waals surface area (Å²) in [5, 5.41) is 1.74. The molecule has 0 aliphatic carbocycles. The number of carbonyl (C=O) groups excluding carboxylic acids is 1. The van der Waals surface area contributed by atoms with Crippen LogP contribution < -0.4 is 5.43 Å². The van der Waals surface area contributed by atoms with E-state index in [1.807, 2.05) is 0 Å². The zero-order valence-electron chi connectivity index (χ0n) is 5.26. The van der Waals surface area contributed by atoms with E-state index in [4.69, 9.17) is 0 Å². The molecule has 0 aromatic heterocycles. The molecule has 2 heterocycles. The average Bonchev–Trinajstić information content (AvgIpc) is 2.09. The second-order valence-electron chi connectivity index (χ2n) is 2.77. The molecular formula is C6H10N2O. The number of hydrogen-bond donors (Lipinski definition) is 1. The van der Waals surface area contributed by atoms with Crippen molar-refractivity contribution >= 4 is 5.91 Å². The van der Waals surface area contributed by atoms with Gasteiger partial charge in [-0.25, -0.2) is 5.43 Å². The predicted octanol–water partition coefficient (Wildman–Crippen LogP) is -0.257. The maximum absolute atomic E-state index is 10.9. The van der Waals surface area contributed by atoms with E-state index in [0.717, 1.165) is 19.5 Å². The molecule has 0 aromatic rings. The van der Waals surface area contributed by atoms with Gasteiger partial charge in [-0.1, -0.05) is 0 Å². The molecule has 9 heavy (non-hydrogen) atoms. The van der Waals surface area contributed by atoms with Gasteiger partial charge in [-0.05, 0) is 12.3 Å². The number of amides is 1. The predicted molar refractivity (Wildman–Crippen MR) is 32.4 cm³/mol. The summed E-state index contributed by atoms with van der Waals surface area (Å²) in [6.45, 7) is 1.93. The molecule has 1 unspecified atom stereocenters. The van der Waals surface area contributed by atoms with Crippen molar-refractivity contribution in [1.29, 1.82) is 0 Å². The molecule has 2 rings (SSSR count). The van der Waals surface area contributed by atoms with Gasteiger partial charge < -0.3 is 0 Å². The fraction of sp³-hybridized carbons (Fsp3) is 0.833. The smallest absolute Gasteiger partial charge is 0.237 e. The normalized spacial score (nSPS) is 33.6. The maximum atomic E-state index is 10.9. The van der Waals surface area contributed by atoms with E-state index in [0.29, 0.717) is 5.92 Å². The van der Waals surface area contributed by atoms with Gasteiger partial charge in [0.1, 0.15) is 0 Å². The Morgan fingerprint density at radius 1 is 1.67 bits per heavy atom. The third-order valence-electron chi connectivity index (χ3n) is 2.06. The first-order valence-electron chi connectivity index (χ1n) is 3.40. The first-order chi connectivity index (χ1) is 4.36. The number of nitrogens with zero attached hydrogens (tertiary/aromatic N) is 1. The zero-order chi connectivity index (χ0) is 6.27. The molecule has 2 bridgehead atoms. The van der Waals surface area contributed by atoms with Gasteiger partial charge in [0.05, 0.1) is 0 Å². The monoisotopic (exact) mass is 126 g/mol. The first-order valence-corrected chi connectivity index (χ1v) is 3.40. The van der Waals surface area contributed by atoms with E-state index in [1.165, 1.54) is 6.42 Å². The Morgan fingerprint density at radius 3 is 3.22 bits per heavy atom. The molecule has 2 fully saturated rings. The van der Waals surface area contributed by atoms with Gasteiger partial charge in [-0.15, -0.1) is 0 Å². The maximum Gasteiger partial charge on any atom is 0.237 e. The average molecular weight is 126 g/mol. The molecule has 50 valence electrons. The highest BCUT2D eigenvalue weighted by molar-refractivity contribution is 5.78. The van der Waals surface area contributed by atoms with Crippen molar-refractivity contribution in [2.45, 2.75) is 12.8 Å². The number of carbonyl (C=O) groups is 1. The van der Waals surface area contributed by atoms with Crippen molar-refractivity contribution in [2.24, 2.45) is 5.92 Å². The standard InChI is InChI=1S/C6H10N2O/c9-6-3-5-1-2-7-8(6)4-5/h5,7H,1-4H2. The van der Waals surface area contributed by atoms with Gasteiger partial charge in [0.25, 0.3) is 0 Å². The summed E-state index contributed by atoms with van der Waals surface area (Å²) < 4.78 is 0. The van der Waals surface area contributed by atoms with Gasteiger partial charge >= 0.3 is 0 Å². The van der Waals surface area contributed by atoms with Crippen LogP contribution in [-0.4, -0.2) is 24.0 Å². The Balaban J connectivity index is 2.15. The Morgan fingerprint density at radius 2 is 2.56 bits per heavy atom. The van der Waals surface area contributed by atoms with Crippen LogP contribution in [0, 0.1) is 5.92 Å². The van der Waals surface area contributed by atoms with Crippen LogP contribution in [0.1, 0.15) is 12.8 Å². The minimum absolute atomic E-state index is 0.275. The van der Waals surface area contributed by atoms with Gasteiger partial charge in [0.2, 0.25) is 5.91 Å². The van der Waals surface area contributed by atoms with Gasteiger partial charge in [-0.3, -0.25) is 9.80 Å². The van der Waals surface area contributed by atoms with E-state index in [2.05, 4.69) is 5.43 Å². The lowest BCUT2D eigenvalue weighted by atomic mass is 10.1. The largest absolute Gasteiger partial charge is 0.278 e. The van der Waals surface area contributed by atoms with Crippen LogP contribution in [0.2, 0.25) is 0 Å². The van der Waals surface area contributed by atoms with Crippen molar-refractivity contribution in [3.63, 3.8) is 0 Å². The molecule has 2 aliphatic rings. The number of hydrazine groups is 1. The lowest BCUT2D eigenvalue weighted by molar-refractivity contribution is -0.130. The summed E-state index contributed by atoms with van der Waals surface area (Å²) in [5.74, 6) is 0.927. The van der Waals surface area contributed by atoms with Gasteiger partial charge in [-0.2, -0.15) is 0 Å². The molecule has 0 aromatic carbocycles. The van der Waals surface area contributed by atoms with Crippen molar-refractivity contribution in [3.8, 4) is 0 Å². The SMILES string of the molecule is O=C1CC2CCNN1C2. The van der Waals surface area contributed by atoms with Crippen molar-refractivity contribution < 1.29 is 4.79 Å². The lowest BCUT2D eigenvalue weighted by Crippen LogP contribution is -2.42. The van der Waals surface area contributed by atoms with E-state index >= 15 is 0 Å². The van der Waals surface area contributed by atoms with E-state index in [9.17, 15) is 4.79 Å². The van der Waals surface area contributed by atoms with E-state index in [-0.39, 0.29) is 5.91 Å². The number of rotatable bonds is 0. The highest BCUT2D eigenvalue weighted by atomic mass is 16.2. The van der Waals surface area contributed by atoms with E-state index < -0.39 is 0 Å². The van der Waals surface area contributed by atoms with Crippen molar-refractivity contribution in [2.75, 3.05) is 13.1 Å². The Bertz CT molecular complexity index is 146. The Labute approximate surface area is 54.0 Å². The van der Waals surface area contributed by atoms with Gasteiger partial charge in [0.15, 0.2) is 0 Å². The molecule has 1 amide bonds. The first kappa shape index (κ1) is 5.23. The molecule has 3 heteroatoms. The summed E-state index contributed by atoms with van der Waals surface area (Å²) in [5.41, 5.74) is 3.04. The summed E-state index contributed by atoms with van der Waals surface area (Å²) in [7, 11) is 0. The molecule has 0 saturated carbocycles. The summed E-state index contributed by atoms with van der Waals surface area (Å²) in [6, 6.07) is 0. The van der Waals surface area contributed by atoms with Crippen LogP contribution in [0.4, 0.5) is 0 Å². The summed E-state index contributed by atoms with van der Waals surface area (Å²) >= 11 is 0. The van der Waals surface area contributed by atoms with Crippen LogP contribution in [0.15, 0.2) is 0 Å². The molecule has 0 spiro atoms. The summed E-state index contributed by atoms with van der Waals surface area (Å²) in [4.78, 5) is 10.9. The van der Waals surface area contributed by atoms with Crippen LogP contribution in [0.25, 0.3) is 0 Å². The Hall–Kier alpha value is -0.570. The van der Waals surface area contributed by atoms with Gasteiger partial charge in [0, 0.05) is 19.5 Å². The molecular weight excluding hydrogens is 116 g/mol. The summed E-state index contributed by atoms with van der Waals surface area (Å²) in [6.07, 6.45) is 1.94. The van der Waals surface area contributed by atoms with Crippen LogP contribution >= 0.6 is 0 Å². The molecule has 1 N–H and O–H groups in total. The molecule has 0 radical (unpaired) electrons. The molecule has 1 atom stereocenters. The third-order valence-corrected chi connectivity index (χ3v) is 2.06. The van der Waals surface area contributed by atoms with Crippen LogP contribution in [0.3, 0.4) is 0 Å². The molecule has 3 nitrogen and oxygen atoms in total. The Kier molecular flexibility index (Phi) is 0.990. The highest BCUT2D eigenvalue weighted by Gasteiger charge is 2.32. The van der Waals surface area contributed by atoms with Crippen molar-refractivity contribution in [1.82, 2.24) is 10.4 Å². The number of fused-ring (bicyclic) bond motifs is 2. The van der Waals surface area contributed by atoms with Crippen molar-refractivity contribution in [3.05, 3.63) is 0 Å². The number of nitrogens with one attached hydrogen (secondary N) is 1. The second-order valence-corrected chi connectivity index (χ2v) is 2.77. The van der Waals surface area contributed by atoms with E-state index in [1.54, 1.807) is 5.01 Å². The fourth-order valence-corrected chi connectivity index (χ4v) is 1.53.